The van der Waals surface area contributed by atoms with Crippen molar-refractivity contribution in [3.63, 3.8) is 0 Å². The van der Waals surface area contributed by atoms with Crippen LogP contribution >= 0.6 is 27.3 Å². The molecular weight excluding hydrogens is 408 g/mol. The predicted molar refractivity (Wildman–Crippen MR) is 97.2 cm³/mol. The molecule has 0 bridgehead atoms. The van der Waals surface area contributed by atoms with Crippen molar-refractivity contribution >= 4 is 44.1 Å². The minimum absolute atomic E-state index is 0.179. The molecule has 3 aromatic heterocycles. The van der Waals surface area contributed by atoms with Crippen molar-refractivity contribution in [2.75, 3.05) is 12.4 Å². The molecule has 0 aliphatic carbocycles. The maximum absolute atomic E-state index is 12.1. The van der Waals surface area contributed by atoms with E-state index >= 15 is 0 Å². The SMILES string of the molecule is COc1cccc(-c2csc3nc(NC(=O)c4ccc(Br)o4)nn23)c1. The third-order valence-corrected chi connectivity index (χ3v) is 4.71. The summed E-state index contributed by atoms with van der Waals surface area (Å²) in [6.07, 6.45) is 0. The topological polar surface area (TPSA) is 81.7 Å². The Morgan fingerprint density at radius 2 is 2.24 bits per heavy atom. The maximum Gasteiger partial charge on any atom is 0.293 e. The molecule has 0 spiro atoms. The van der Waals surface area contributed by atoms with Crippen LogP contribution in [0, 0.1) is 0 Å². The van der Waals surface area contributed by atoms with Gasteiger partial charge in [-0.2, -0.15) is 4.98 Å². The quantitative estimate of drug-likeness (QED) is 0.539. The number of hydrogen-bond donors (Lipinski definition) is 1. The van der Waals surface area contributed by atoms with E-state index in [9.17, 15) is 4.79 Å². The molecule has 0 radical (unpaired) electrons. The van der Waals surface area contributed by atoms with Gasteiger partial charge in [0, 0.05) is 10.9 Å². The summed E-state index contributed by atoms with van der Waals surface area (Å²) in [6, 6.07) is 10.9. The van der Waals surface area contributed by atoms with Gasteiger partial charge in [-0.3, -0.25) is 10.1 Å². The molecule has 0 unspecified atom stereocenters. The van der Waals surface area contributed by atoms with Crippen LogP contribution in [0.15, 0.2) is 50.9 Å². The number of carbonyl (C=O) groups excluding carboxylic acids is 1. The molecule has 0 saturated carbocycles. The van der Waals surface area contributed by atoms with Gasteiger partial charge in [0.1, 0.15) is 5.75 Å². The molecule has 1 amide bonds. The van der Waals surface area contributed by atoms with Crippen LogP contribution in [-0.4, -0.2) is 27.6 Å². The molecule has 4 rings (SSSR count). The summed E-state index contributed by atoms with van der Waals surface area (Å²) in [5.74, 6) is 0.743. The highest BCUT2D eigenvalue weighted by Crippen LogP contribution is 2.28. The molecule has 126 valence electrons. The average Bonchev–Trinajstić information content (AvgIpc) is 3.30. The molecule has 3 heterocycles. The number of nitrogens with one attached hydrogen (secondary N) is 1. The van der Waals surface area contributed by atoms with Crippen molar-refractivity contribution in [1.82, 2.24) is 14.6 Å². The number of halogens is 1. The second-order valence-corrected chi connectivity index (χ2v) is 6.66. The first kappa shape index (κ1) is 15.9. The second kappa shape index (κ2) is 6.34. The number of amides is 1. The zero-order chi connectivity index (χ0) is 17.4. The van der Waals surface area contributed by atoms with E-state index in [1.54, 1.807) is 23.8 Å². The van der Waals surface area contributed by atoms with Gasteiger partial charge in [-0.15, -0.1) is 16.4 Å². The Balaban J connectivity index is 1.65. The molecule has 0 aliphatic rings. The van der Waals surface area contributed by atoms with Gasteiger partial charge in [0.15, 0.2) is 10.4 Å². The van der Waals surface area contributed by atoms with E-state index in [1.807, 2.05) is 29.6 Å². The van der Waals surface area contributed by atoms with Gasteiger partial charge >= 0.3 is 0 Å². The van der Waals surface area contributed by atoms with E-state index in [4.69, 9.17) is 9.15 Å². The first-order valence-electron chi connectivity index (χ1n) is 7.19. The summed E-state index contributed by atoms with van der Waals surface area (Å²) < 4.78 is 12.7. The lowest BCUT2D eigenvalue weighted by Gasteiger charge is -2.02. The van der Waals surface area contributed by atoms with Gasteiger partial charge in [0.25, 0.3) is 11.9 Å². The van der Waals surface area contributed by atoms with E-state index in [0.717, 1.165) is 17.0 Å². The van der Waals surface area contributed by atoms with E-state index in [1.165, 1.54) is 11.3 Å². The normalized spacial score (nSPS) is 11.0. The first-order valence-corrected chi connectivity index (χ1v) is 8.86. The third kappa shape index (κ3) is 3.03. The van der Waals surface area contributed by atoms with E-state index in [0.29, 0.717) is 9.63 Å². The monoisotopic (exact) mass is 418 g/mol. The number of methoxy groups -OCH3 is 1. The minimum atomic E-state index is -0.410. The number of benzene rings is 1. The molecule has 0 atom stereocenters. The molecule has 4 aromatic rings. The van der Waals surface area contributed by atoms with Gasteiger partial charge in [0.2, 0.25) is 4.96 Å². The van der Waals surface area contributed by atoms with E-state index in [-0.39, 0.29) is 11.7 Å². The fourth-order valence-electron chi connectivity index (χ4n) is 2.31. The van der Waals surface area contributed by atoms with Crippen molar-refractivity contribution in [2.24, 2.45) is 0 Å². The van der Waals surface area contributed by atoms with Crippen molar-refractivity contribution < 1.29 is 13.9 Å². The van der Waals surface area contributed by atoms with Crippen LogP contribution in [0.3, 0.4) is 0 Å². The Bertz CT molecular complexity index is 1070. The average molecular weight is 419 g/mol. The van der Waals surface area contributed by atoms with Crippen LogP contribution in [-0.2, 0) is 0 Å². The van der Waals surface area contributed by atoms with Crippen LogP contribution in [0.2, 0.25) is 0 Å². The van der Waals surface area contributed by atoms with Gasteiger partial charge in [0.05, 0.1) is 12.8 Å². The highest BCUT2D eigenvalue weighted by Gasteiger charge is 2.16. The highest BCUT2D eigenvalue weighted by atomic mass is 79.9. The molecule has 7 nitrogen and oxygen atoms in total. The smallest absolute Gasteiger partial charge is 0.293 e. The minimum Gasteiger partial charge on any atom is -0.497 e. The molecule has 0 fully saturated rings. The third-order valence-electron chi connectivity index (χ3n) is 3.47. The van der Waals surface area contributed by atoms with Gasteiger partial charge < -0.3 is 9.15 Å². The highest BCUT2D eigenvalue weighted by molar-refractivity contribution is 9.10. The fourth-order valence-corrected chi connectivity index (χ4v) is 3.45. The van der Waals surface area contributed by atoms with Crippen molar-refractivity contribution in [3.05, 3.63) is 52.2 Å². The van der Waals surface area contributed by atoms with Crippen molar-refractivity contribution in [1.29, 1.82) is 0 Å². The van der Waals surface area contributed by atoms with Crippen LogP contribution in [0.1, 0.15) is 10.6 Å². The zero-order valence-corrected chi connectivity index (χ0v) is 15.3. The Morgan fingerprint density at radius 3 is 3.00 bits per heavy atom. The summed E-state index contributed by atoms with van der Waals surface area (Å²) in [5.41, 5.74) is 1.82. The Hall–Kier alpha value is -2.65. The number of furan rings is 1. The maximum atomic E-state index is 12.1. The van der Waals surface area contributed by atoms with Crippen molar-refractivity contribution in [2.45, 2.75) is 0 Å². The number of rotatable bonds is 4. The number of thiazole rings is 1. The van der Waals surface area contributed by atoms with Crippen molar-refractivity contribution in [3.8, 4) is 17.0 Å². The largest absolute Gasteiger partial charge is 0.497 e. The standard InChI is InChI=1S/C16H11BrN4O3S/c1-23-10-4-2-3-9(7-10)11-8-25-16-19-15(20-21(11)16)18-14(22)12-5-6-13(17)24-12/h2-8H,1H3,(H,18,20,22). The number of nitrogens with zero attached hydrogens (tertiary/aromatic N) is 3. The molecule has 9 heteroatoms. The number of hydrogen-bond acceptors (Lipinski definition) is 6. The molecule has 0 saturated heterocycles. The zero-order valence-electron chi connectivity index (χ0n) is 12.9. The predicted octanol–water partition coefficient (Wildman–Crippen LogP) is 4.07. The van der Waals surface area contributed by atoms with Crippen LogP contribution in [0.25, 0.3) is 16.2 Å². The summed E-state index contributed by atoms with van der Waals surface area (Å²) in [6.45, 7) is 0. The fraction of sp³-hybridized carbons (Fsp3) is 0.0625. The lowest BCUT2D eigenvalue weighted by atomic mass is 10.2. The van der Waals surface area contributed by atoms with E-state index in [2.05, 4.69) is 31.3 Å². The second-order valence-electron chi connectivity index (χ2n) is 5.04. The number of carbonyl (C=O) groups is 1. The first-order chi connectivity index (χ1) is 12.1. The summed E-state index contributed by atoms with van der Waals surface area (Å²) in [5, 5.41) is 8.96. The van der Waals surface area contributed by atoms with Gasteiger partial charge in [-0.25, -0.2) is 4.52 Å². The lowest BCUT2D eigenvalue weighted by molar-refractivity contribution is 0.0994. The molecule has 25 heavy (non-hydrogen) atoms. The Kier molecular flexibility index (Phi) is 4.02. The summed E-state index contributed by atoms with van der Waals surface area (Å²) in [7, 11) is 1.62. The Morgan fingerprint density at radius 1 is 1.36 bits per heavy atom. The molecule has 1 aromatic carbocycles. The molecule has 0 aliphatic heterocycles. The number of aromatic nitrogens is 3. The van der Waals surface area contributed by atoms with Crippen LogP contribution in [0.4, 0.5) is 5.95 Å². The number of anilines is 1. The Labute approximate surface area is 154 Å². The van der Waals surface area contributed by atoms with Crippen LogP contribution < -0.4 is 10.1 Å². The molecule has 1 N–H and O–H groups in total. The van der Waals surface area contributed by atoms with E-state index < -0.39 is 5.91 Å². The van der Waals surface area contributed by atoms with Gasteiger partial charge in [-0.05, 0) is 40.2 Å². The lowest BCUT2D eigenvalue weighted by Crippen LogP contribution is -2.12. The van der Waals surface area contributed by atoms with Gasteiger partial charge in [-0.1, -0.05) is 12.1 Å². The summed E-state index contributed by atoms with van der Waals surface area (Å²) in [4.78, 5) is 17.1. The molecular formula is C16H11BrN4O3S. The summed E-state index contributed by atoms with van der Waals surface area (Å²) >= 11 is 4.60. The van der Waals surface area contributed by atoms with Crippen LogP contribution in [0.5, 0.6) is 5.75 Å². The number of ether oxygens (including phenoxy) is 1. The number of fused-ring (bicyclic) bond motifs is 1.